The molecule has 0 N–H and O–H groups in total. The van der Waals surface area contributed by atoms with Gasteiger partial charge in [0.2, 0.25) is 0 Å². The highest BCUT2D eigenvalue weighted by Gasteiger charge is 2.15. The van der Waals surface area contributed by atoms with Crippen molar-refractivity contribution in [3.05, 3.63) is 25.3 Å². The Hall–Kier alpha value is -0.700. The van der Waals surface area contributed by atoms with Crippen LogP contribution in [0.15, 0.2) is 30.3 Å². The van der Waals surface area contributed by atoms with Crippen molar-refractivity contribution in [3.8, 4) is 0 Å². The van der Waals surface area contributed by atoms with Gasteiger partial charge in [-0.15, -0.1) is 13.2 Å². The summed E-state index contributed by atoms with van der Waals surface area (Å²) >= 11 is 1.77. The molecule has 0 unspecified atom stereocenters. The van der Waals surface area contributed by atoms with Crippen LogP contribution in [0.2, 0.25) is 0 Å². The molecule has 1 saturated heterocycles. The van der Waals surface area contributed by atoms with Gasteiger partial charge in [-0.2, -0.15) is 0 Å². The Morgan fingerprint density at radius 2 is 2.00 bits per heavy atom. The minimum atomic E-state index is 0.718. The van der Waals surface area contributed by atoms with Crippen molar-refractivity contribution >= 4 is 16.9 Å². The molecule has 0 atom stereocenters. The van der Waals surface area contributed by atoms with Crippen molar-refractivity contribution in [2.45, 2.75) is 12.8 Å². The summed E-state index contributed by atoms with van der Waals surface area (Å²) in [6, 6.07) is 0. The van der Waals surface area contributed by atoms with Crippen LogP contribution in [0.3, 0.4) is 0 Å². The minimum absolute atomic E-state index is 0.718. The summed E-state index contributed by atoms with van der Waals surface area (Å²) in [5.74, 6) is 0.937. The number of hydrogen-bond acceptors (Lipinski definition) is 2. The zero-order chi connectivity index (χ0) is 10.2. The van der Waals surface area contributed by atoms with E-state index in [1.54, 1.807) is 11.8 Å². The second kappa shape index (κ2) is 6.71. The average molecular weight is 210 g/mol. The molecule has 1 rings (SSSR count). The van der Waals surface area contributed by atoms with E-state index >= 15 is 0 Å². The molecule has 1 aliphatic heterocycles. The highest BCUT2D eigenvalue weighted by molar-refractivity contribution is 8.13. The maximum absolute atomic E-state index is 4.50. The van der Waals surface area contributed by atoms with Crippen molar-refractivity contribution < 1.29 is 0 Å². The second-order valence-corrected chi connectivity index (χ2v) is 4.19. The summed E-state index contributed by atoms with van der Waals surface area (Å²) < 4.78 is 0. The fourth-order valence-electron chi connectivity index (χ4n) is 1.42. The zero-order valence-electron chi connectivity index (χ0n) is 8.61. The summed E-state index contributed by atoms with van der Waals surface area (Å²) in [6.45, 7) is 10.4. The first kappa shape index (κ1) is 11.4. The number of hydrogen-bond donors (Lipinski definition) is 0. The topological polar surface area (TPSA) is 15.6 Å². The molecule has 3 heteroatoms. The van der Waals surface area contributed by atoms with Gasteiger partial charge in [-0.05, 0) is 12.8 Å². The molecule has 0 radical (unpaired) electrons. The van der Waals surface area contributed by atoms with E-state index in [0.717, 1.165) is 30.6 Å². The van der Waals surface area contributed by atoms with Gasteiger partial charge in [0.05, 0.1) is 6.54 Å². The van der Waals surface area contributed by atoms with Crippen LogP contribution >= 0.6 is 11.8 Å². The largest absolute Gasteiger partial charge is 0.351 e. The minimum Gasteiger partial charge on any atom is -0.351 e. The fourth-order valence-corrected chi connectivity index (χ4v) is 2.22. The highest BCUT2D eigenvalue weighted by atomic mass is 32.2. The van der Waals surface area contributed by atoms with Gasteiger partial charge in [0, 0.05) is 18.8 Å². The Kier molecular flexibility index (Phi) is 5.45. The van der Waals surface area contributed by atoms with Crippen LogP contribution < -0.4 is 0 Å². The van der Waals surface area contributed by atoms with Crippen molar-refractivity contribution in [2.75, 3.05) is 25.4 Å². The summed E-state index contributed by atoms with van der Waals surface area (Å²) in [6.07, 6.45) is 6.35. The van der Waals surface area contributed by atoms with E-state index in [2.05, 4.69) is 23.1 Å². The standard InChI is InChI=1S/C11H18N2S/c1-3-7-12-11(14-10-4-2)13-8-5-6-9-13/h3-4H,1-2,5-10H2. The van der Waals surface area contributed by atoms with Gasteiger partial charge in [-0.25, -0.2) is 0 Å². The van der Waals surface area contributed by atoms with Crippen LogP contribution in [0, 0.1) is 0 Å². The fraction of sp³-hybridized carbons (Fsp3) is 0.545. The van der Waals surface area contributed by atoms with Gasteiger partial charge in [0.15, 0.2) is 5.17 Å². The maximum Gasteiger partial charge on any atom is 0.159 e. The monoisotopic (exact) mass is 210 g/mol. The van der Waals surface area contributed by atoms with E-state index in [9.17, 15) is 0 Å². The highest BCUT2D eigenvalue weighted by Crippen LogP contribution is 2.16. The Bertz CT molecular complexity index is 217. The Labute approximate surface area is 90.8 Å². The third-order valence-corrected chi connectivity index (χ3v) is 3.11. The van der Waals surface area contributed by atoms with E-state index in [1.807, 2.05) is 12.2 Å². The number of rotatable bonds is 4. The lowest BCUT2D eigenvalue weighted by molar-refractivity contribution is 0.529. The van der Waals surface area contributed by atoms with Crippen LogP contribution in [0.5, 0.6) is 0 Å². The molecule has 0 bridgehead atoms. The van der Waals surface area contributed by atoms with E-state index < -0.39 is 0 Å². The molecule has 0 saturated carbocycles. The molecule has 1 heterocycles. The van der Waals surface area contributed by atoms with Crippen molar-refractivity contribution in [1.29, 1.82) is 0 Å². The van der Waals surface area contributed by atoms with Crippen molar-refractivity contribution in [1.82, 2.24) is 4.90 Å². The molecule has 0 spiro atoms. The summed E-state index contributed by atoms with van der Waals surface area (Å²) in [5.41, 5.74) is 0. The molecular formula is C11H18N2S. The molecule has 1 fully saturated rings. The van der Waals surface area contributed by atoms with Crippen molar-refractivity contribution in [2.24, 2.45) is 4.99 Å². The first-order valence-electron chi connectivity index (χ1n) is 5.02. The summed E-state index contributed by atoms with van der Waals surface area (Å²) in [5, 5.41) is 1.15. The maximum atomic E-state index is 4.50. The summed E-state index contributed by atoms with van der Waals surface area (Å²) in [7, 11) is 0. The third kappa shape index (κ3) is 3.58. The van der Waals surface area contributed by atoms with E-state index in [4.69, 9.17) is 0 Å². The molecule has 14 heavy (non-hydrogen) atoms. The lowest BCUT2D eigenvalue weighted by atomic mass is 10.4. The number of amidine groups is 1. The van der Waals surface area contributed by atoms with Gasteiger partial charge >= 0.3 is 0 Å². The molecule has 0 aliphatic carbocycles. The molecule has 0 aromatic carbocycles. The van der Waals surface area contributed by atoms with Crippen LogP contribution in [0.1, 0.15) is 12.8 Å². The Balaban J connectivity index is 2.49. The first-order chi connectivity index (χ1) is 6.88. The number of thioether (sulfide) groups is 1. The average Bonchev–Trinajstić information content (AvgIpc) is 2.71. The SMILES string of the molecule is C=CCN=C(SCC=C)N1CCCC1. The van der Waals surface area contributed by atoms with Crippen LogP contribution in [-0.2, 0) is 0 Å². The quantitative estimate of drug-likeness (QED) is 0.402. The van der Waals surface area contributed by atoms with Gasteiger partial charge in [-0.3, -0.25) is 4.99 Å². The molecule has 0 amide bonds. The van der Waals surface area contributed by atoms with Gasteiger partial charge in [0.25, 0.3) is 0 Å². The first-order valence-corrected chi connectivity index (χ1v) is 6.01. The van der Waals surface area contributed by atoms with E-state index in [1.165, 1.54) is 12.8 Å². The van der Waals surface area contributed by atoms with Crippen LogP contribution in [-0.4, -0.2) is 35.5 Å². The molecule has 1 aliphatic rings. The lowest BCUT2D eigenvalue weighted by Gasteiger charge is -2.18. The Morgan fingerprint density at radius 1 is 1.29 bits per heavy atom. The van der Waals surface area contributed by atoms with Gasteiger partial charge in [-0.1, -0.05) is 23.9 Å². The van der Waals surface area contributed by atoms with Gasteiger partial charge in [0.1, 0.15) is 0 Å². The van der Waals surface area contributed by atoms with Crippen LogP contribution in [0.25, 0.3) is 0 Å². The van der Waals surface area contributed by atoms with Crippen LogP contribution in [0.4, 0.5) is 0 Å². The van der Waals surface area contributed by atoms with Gasteiger partial charge < -0.3 is 4.90 Å². The number of nitrogens with zero attached hydrogens (tertiary/aromatic N) is 2. The number of aliphatic imine (C=N–C) groups is 1. The zero-order valence-corrected chi connectivity index (χ0v) is 9.43. The van der Waals surface area contributed by atoms with E-state index in [-0.39, 0.29) is 0 Å². The molecule has 0 aromatic rings. The normalized spacial score (nSPS) is 17.1. The van der Waals surface area contributed by atoms with Crippen molar-refractivity contribution in [3.63, 3.8) is 0 Å². The van der Waals surface area contributed by atoms with E-state index in [0.29, 0.717) is 0 Å². The third-order valence-electron chi connectivity index (χ3n) is 2.06. The molecular weight excluding hydrogens is 192 g/mol. The molecule has 2 nitrogen and oxygen atoms in total. The lowest BCUT2D eigenvalue weighted by Crippen LogP contribution is -2.25. The molecule has 0 aromatic heterocycles. The predicted octanol–water partition coefficient (Wildman–Crippen LogP) is 2.54. The summed E-state index contributed by atoms with van der Waals surface area (Å²) in [4.78, 5) is 6.86. The second-order valence-electron chi connectivity index (χ2n) is 3.21. The number of likely N-dealkylation sites (tertiary alicyclic amines) is 1. The smallest absolute Gasteiger partial charge is 0.159 e. The predicted molar refractivity (Wildman–Crippen MR) is 66.0 cm³/mol. The Morgan fingerprint density at radius 3 is 2.57 bits per heavy atom. The molecule has 78 valence electrons.